The Morgan fingerprint density at radius 1 is 0.821 bits per heavy atom. The first kappa shape index (κ1) is 18.2. The highest BCUT2D eigenvalue weighted by Gasteiger charge is 2.25. The largest absolute Gasteiger partial charge is 0.352 e. The first-order valence-corrected chi connectivity index (χ1v) is 9.71. The lowest BCUT2D eigenvalue weighted by Crippen LogP contribution is -2.49. The highest BCUT2D eigenvalue weighted by Crippen LogP contribution is 2.29. The van der Waals surface area contributed by atoms with Crippen LogP contribution < -0.4 is 4.90 Å². The topological polar surface area (TPSA) is 49.3 Å². The Labute approximate surface area is 165 Å². The summed E-state index contributed by atoms with van der Waals surface area (Å²) < 4.78 is 0. The number of hydrogen-bond donors (Lipinski definition) is 0. The molecule has 1 saturated heterocycles. The molecule has 1 amide bonds. The van der Waals surface area contributed by atoms with Crippen molar-refractivity contribution >= 4 is 11.7 Å². The van der Waals surface area contributed by atoms with Gasteiger partial charge in [0.05, 0.1) is 0 Å². The fourth-order valence-electron chi connectivity index (χ4n) is 3.75. The van der Waals surface area contributed by atoms with Gasteiger partial charge in [0.1, 0.15) is 0 Å². The number of benzene rings is 2. The van der Waals surface area contributed by atoms with Gasteiger partial charge in [0.15, 0.2) is 5.82 Å². The average Bonchev–Trinajstić information content (AvgIpc) is 2.79. The van der Waals surface area contributed by atoms with Crippen LogP contribution in [0, 0.1) is 0 Å². The molecule has 2 aromatic carbocycles. The van der Waals surface area contributed by atoms with Crippen LogP contribution in [-0.4, -0.2) is 47.2 Å². The van der Waals surface area contributed by atoms with Crippen molar-refractivity contribution in [3.8, 4) is 0 Å². The number of rotatable bonds is 5. The molecule has 142 valence electrons. The number of aromatic nitrogens is 2. The van der Waals surface area contributed by atoms with Crippen LogP contribution in [0.3, 0.4) is 0 Å². The van der Waals surface area contributed by atoms with Gasteiger partial charge in [-0.3, -0.25) is 4.79 Å². The summed E-state index contributed by atoms with van der Waals surface area (Å²) >= 11 is 0. The maximum absolute atomic E-state index is 13.1. The summed E-state index contributed by atoms with van der Waals surface area (Å²) in [6, 6.07) is 24.5. The highest BCUT2D eigenvalue weighted by atomic mass is 16.2. The quantitative estimate of drug-likeness (QED) is 0.689. The second kappa shape index (κ2) is 8.65. The highest BCUT2D eigenvalue weighted by molar-refractivity contribution is 5.78. The molecular formula is C23H24N4O. The first-order valence-electron chi connectivity index (χ1n) is 9.71. The molecule has 28 heavy (non-hydrogen) atoms. The minimum atomic E-state index is 0.0768. The van der Waals surface area contributed by atoms with Gasteiger partial charge >= 0.3 is 0 Å². The van der Waals surface area contributed by atoms with Crippen LogP contribution in [0.25, 0.3) is 0 Å². The molecule has 0 saturated carbocycles. The van der Waals surface area contributed by atoms with Gasteiger partial charge in [0.2, 0.25) is 5.91 Å². The SMILES string of the molecule is O=C(CC(c1ccccc1)c1ccccc1)N1CCN(c2cccnn2)CC1. The van der Waals surface area contributed by atoms with Crippen molar-refractivity contribution in [2.45, 2.75) is 12.3 Å². The van der Waals surface area contributed by atoms with E-state index in [1.54, 1.807) is 6.20 Å². The molecule has 0 unspecified atom stereocenters. The molecule has 4 rings (SSSR count). The van der Waals surface area contributed by atoms with Gasteiger partial charge in [0, 0.05) is 44.7 Å². The van der Waals surface area contributed by atoms with Crippen molar-refractivity contribution in [3.05, 3.63) is 90.1 Å². The van der Waals surface area contributed by atoms with E-state index >= 15 is 0 Å². The molecular weight excluding hydrogens is 348 g/mol. The zero-order valence-electron chi connectivity index (χ0n) is 15.8. The second-order valence-corrected chi connectivity index (χ2v) is 7.03. The van der Waals surface area contributed by atoms with E-state index in [0.717, 1.165) is 18.9 Å². The van der Waals surface area contributed by atoms with Crippen molar-refractivity contribution in [1.29, 1.82) is 0 Å². The number of hydrogen-bond acceptors (Lipinski definition) is 4. The molecule has 2 heterocycles. The first-order chi connectivity index (χ1) is 13.8. The van der Waals surface area contributed by atoms with Crippen molar-refractivity contribution in [3.63, 3.8) is 0 Å². The predicted molar refractivity (Wildman–Crippen MR) is 110 cm³/mol. The summed E-state index contributed by atoms with van der Waals surface area (Å²) in [7, 11) is 0. The van der Waals surface area contributed by atoms with Crippen LogP contribution in [0.2, 0.25) is 0 Å². The van der Waals surface area contributed by atoms with Crippen LogP contribution in [0.15, 0.2) is 79.0 Å². The molecule has 1 fully saturated rings. The normalized spacial score (nSPS) is 14.3. The summed E-state index contributed by atoms with van der Waals surface area (Å²) in [6.07, 6.45) is 2.16. The Hall–Kier alpha value is -3.21. The van der Waals surface area contributed by atoms with Crippen LogP contribution in [0.4, 0.5) is 5.82 Å². The minimum absolute atomic E-state index is 0.0768. The van der Waals surface area contributed by atoms with E-state index in [2.05, 4.69) is 39.4 Å². The Kier molecular flexibility index (Phi) is 5.61. The Bertz CT molecular complexity index is 839. The monoisotopic (exact) mass is 372 g/mol. The molecule has 0 aliphatic carbocycles. The van der Waals surface area contributed by atoms with Crippen molar-refractivity contribution < 1.29 is 4.79 Å². The second-order valence-electron chi connectivity index (χ2n) is 7.03. The van der Waals surface area contributed by atoms with Gasteiger partial charge in [-0.25, -0.2) is 0 Å². The van der Waals surface area contributed by atoms with E-state index in [9.17, 15) is 4.79 Å². The van der Waals surface area contributed by atoms with Crippen LogP contribution in [0.1, 0.15) is 23.5 Å². The van der Waals surface area contributed by atoms with Crippen molar-refractivity contribution in [2.75, 3.05) is 31.1 Å². The van der Waals surface area contributed by atoms with Gasteiger partial charge in [0.25, 0.3) is 0 Å². The van der Waals surface area contributed by atoms with Crippen LogP contribution in [-0.2, 0) is 4.79 Å². The van der Waals surface area contributed by atoms with E-state index in [1.165, 1.54) is 11.1 Å². The molecule has 0 atom stereocenters. The Morgan fingerprint density at radius 2 is 1.43 bits per heavy atom. The van der Waals surface area contributed by atoms with Crippen molar-refractivity contribution in [1.82, 2.24) is 15.1 Å². The van der Waals surface area contributed by atoms with Gasteiger partial charge in [-0.2, -0.15) is 5.10 Å². The van der Waals surface area contributed by atoms with Crippen LogP contribution >= 0.6 is 0 Å². The van der Waals surface area contributed by atoms with Gasteiger partial charge in [-0.15, -0.1) is 5.10 Å². The number of anilines is 1. The molecule has 0 radical (unpaired) electrons. The molecule has 0 N–H and O–H groups in total. The summed E-state index contributed by atoms with van der Waals surface area (Å²) in [5.74, 6) is 1.16. The summed E-state index contributed by atoms with van der Waals surface area (Å²) in [5.41, 5.74) is 2.36. The maximum Gasteiger partial charge on any atom is 0.223 e. The number of piperazine rings is 1. The van der Waals surface area contributed by atoms with E-state index in [4.69, 9.17) is 0 Å². The molecule has 3 aromatic rings. The number of amides is 1. The van der Waals surface area contributed by atoms with E-state index in [-0.39, 0.29) is 11.8 Å². The molecule has 1 aliphatic rings. The molecule has 1 aromatic heterocycles. The minimum Gasteiger partial charge on any atom is -0.352 e. The van der Waals surface area contributed by atoms with Crippen LogP contribution in [0.5, 0.6) is 0 Å². The average molecular weight is 372 g/mol. The third-order valence-corrected chi connectivity index (χ3v) is 5.30. The molecule has 0 spiro atoms. The van der Waals surface area contributed by atoms with E-state index < -0.39 is 0 Å². The summed E-state index contributed by atoms with van der Waals surface area (Å²) in [5, 5.41) is 8.12. The lowest BCUT2D eigenvalue weighted by Gasteiger charge is -2.35. The number of nitrogens with zero attached hydrogens (tertiary/aromatic N) is 4. The van der Waals surface area contributed by atoms with E-state index in [1.807, 2.05) is 53.4 Å². The third kappa shape index (κ3) is 4.19. The number of carbonyl (C=O) groups excluding carboxylic acids is 1. The Balaban J connectivity index is 1.44. The Morgan fingerprint density at radius 3 is 1.96 bits per heavy atom. The smallest absolute Gasteiger partial charge is 0.223 e. The van der Waals surface area contributed by atoms with Gasteiger partial charge in [-0.05, 0) is 23.3 Å². The molecule has 0 bridgehead atoms. The fraction of sp³-hybridized carbons (Fsp3) is 0.261. The maximum atomic E-state index is 13.1. The lowest BCUT2D eigenvalue weighted by molar-refractivity contribution is -0.131. The fourth-order valence-corrected chi connectivity index (χ4v) is 3.75. The zero-order valence-corrected chi connectivity index (χ0v) is 15.8. The zero-order chi connectivity index (χ0) is 19.2. The molecule has 1 aliphatic heterocycles. The predicted octanol–water partition coefficient (Wildman–Crippen LogP) is 3.35. The number of carbonyl (C=O) groups is 1. The standard InChI is InChI=1S/C23H24N4O/c28-23(27-16-14-26(15-17-27)22-12-7-13-24-25-22)18-21(19-8-3-1-4-9-19)20-10-5-2-6-11-20/h1-13,21H,14-18H2. The van der Waals surface area contributed by atoms with E-state index in [0.29, 0.717) is 19.5 Å². The van der Waals surface area contributed by atoms with Gasteiger partial charge < -0.3 is 9.80 Å². The van der Waals surface area contributed by atoms with Gasteiger partial charge in [-0.1, -0.05) is 60.7 Å². The van der Waals surface area contributed by atoms with Crippen molar-refractivity contribution in [2.24, 2.45) is 0 Å². The molecule has 5 nitrogen and oxygen atoms in total. The lowest BCUT2D eigenvalue weighted by atomic mass is 9.88. The summed E-state index contributed by atoms with van der Waals surface area (Å²) in [4.78, 5) is 17.2. The third-order valence-electron chi connectivity index (χ3n) is 5.30. The summed E-state index contributed by atoms with van der Waals surface area (Å²) in [6.45, 7) is 3.00. The molecule has 5 heteroatoms.